The molecule has 0 bridgehead atoms. The maximum atomic E-state index is 12.3. The standard InChI is InChI=1S/C14H20N2O2.ClH/c1-14(2)10-16(7-8-18-14)13(17)12-5-3-11(9-15)4-6-12;/h3-6H,7-10,15H2,1-2H3;1H. The zero-order valence-electron chi connectivity index (χ0n) is 11.4. The Labute approximate surface area is 120 Å². The average molecular weight is 285 g/mol. The Balaban J connectivity index is 0.00000180. The molecule has 1 aromatic carbocycles. The third kappa shape index (κ3) is 3.93. The van der Waals surface area contributed by atoms with E-state index in [2.05, 4.69) is 0 Å². The maximum absolute atomic E-state index is 12.3. The molecular formula is C14H21ClN2O2. The summed E-state index contributed by atoms with van der Waals surface area (Å²) in [5.74, 6) is 0.0648. The van der Waals surface area contributed by atoms with Gasteiger partial charge in [0.05, 0.1) is 12.2 Å². The Kier molecular flexibility index (Phi) is 5.35. The molecule has 2 N–H and O–H groups in total. The van der Waals surface area contributed by atoms with Crippen molar-refractivity contribution in [1.82, 2.24) is 4.90 Å². The Hall–Kier alpha value is -1.10. The number of ether oxygens (including phenoxy) is 1. The molecule has 1 amide bonds. The minimum absolute atomic E-state index is 0. The summed E-state index contributed by atoms with van der Waals surface area (Å²) in [6.45, 7) is 6.39. The van der Waals surface area contributed by atoms with Crippen molar-refractivity contribution < 1.29 is 9.53 Å². The molecule has 0 aliphatic carbocycles. The van der Waals surface area contributed by atoms with Gasteiger partial charge in [-0.25, -0.2) is 0 Å². The van der Waals surface area contributed by atoms with Gasteiger partial charge in [-0.2, -0.15) is 0 Å². The van der Waals surface area contributed by atoms with E-state index >= 15 is 0 Å². The first-order chi connectivity index (χ1) is 8.52. The number of hydrogen-bond donors (Lipinski definition) is 1. The fourth-order valence-electron chi connectivity index (χ4n) is 2.16. The van der Waals surface area contributed by atoms with Gasteiger partial charge in [-0.3, -0.25) is 4.79 Å². The lowest BCUT2D eigenvalue weighted by molar-refractivity contribution is -0.0764. The van der Waals surface area contributed by atoms with Crippen molar-refractivity contribution in [2.45, 2.75) is 26.0 Å². The number of halogens is 1. The van der Waals surface area contributed by atoms with E-state index in [9.17, 15) is 4.79 Å². The number of benzene rings is 1. The molecule has 1 aliphatic heterocycles. The quantitative estimate of drug-likeness (QED) is 0.901. The van der Waals surface area contributed by atoms with Crippen LogP contribution in [0.15, 0.2) is 24.3 Å². The number of amides is 1. The first-order valence-electron chi connectivity index (χ1n) is 6.24. The minimum atomic E-state index is -0.259. The zero-order chi connectivity index (χ0) is 13.2. The molecule has 0 saturated carbocycles. The molecule has 0 radical (unpaired) electrons. The van der Waals surface area contributed by atoms with E-state index in [1.165, 1.54) is 0 Å². The van der Waals surface area contributed by atoms with Gasteiger partial charge in [-0.15, -0.1) is 12.4 Å². The summed E-state index contributed by atoms with van der Waals surface area (Å²) in [4.78, 5) is 14.2. The Bertz CT molecular complexity index is 432. The zero-order valence-corrected chi connectivity index (χ0v) is 12.2. The van der Waals surface area contributed by atoms with Crippen molar-refractivity contribution in [3.63, 3.8) is 0 Å². The monoisotopic (exact) mass is 284 g/mol. The van der Waals surface area contributed by atoms with Crippen LogP contribution < -0.4 is 5.73 Å². The van der Waals surface area contributed by atoms with E-state index in [0.29, 0.717) is 31.8 Å². The summed E-state index contributed by atoms with van der Waals surface area (Å²) >= 11 is 0. The van der Waals surface area contributed by atoms with Crippen molar-refractivity contribution >= 4 is 18.3 Å². The number of hydrogen-bond acceptors (Lipinski definition) is 3. The molecule has 1 saturated heterocycles. The van der Waals surface area contributed by atoms with Crippen LogP contribution in [0.3, 0.4) is 0 Å². The number of carbonyl (C=O) groups is 1. The molecule has 1 aromatic rings. The van der Waals surface area contributed by atoms with Crippen LogP contribution in [0.4, 0.5) is 0 Å². The fourth-order valence-corrected chi connectivity index (χ4v) is 2.16. The summed E-state index contributed by atoms with van der Waals surface area (Å²) in [7, 11) is 0. The highest BCUT2D eigenvalue weighted by atomic mass is 35.5. The van der Waals surface area contributed by atoms with Gasteiger partial charge in [-0.05, 0) is 31.5 Å². The molecule has 0 unspecified atom stereocenters. The first kappa shape index (κ1) is 16.0. The van der Waals surface area contributed by atoms with E-state index < -0.39 is 0 Å². The predicted octanol–water partition coefficient (Wildman–Crippen LogP) is 1.82. The minimum Gasteiger partial charge on any atom is -0.372 e. The van der Waals surface area contributed by atoms with Crippen LogP contribution in [-0.4, -0.2) is 36.1 Å². The molecule has 0 aromatic heterocycles. The van der Waals surface area contributed by atoms with E-state index in [0.717, 1.165) is 5.56 Å². The smallest absolute Gasteiger partial charge is 0.254 e. The second-order valence-electron chi connectivity index (χ2n) is 5.24. The Morgan fingerprint density at radius 1 is 1.37 bits per heavy atom. The molecule has 19 heavy (non-hydrogen) atoms. The summed E-state index contributed by atoms with van der Waals surface area (Å²) in [6, 6.07) is 7.48. The van der Waals surface area contributed by atoms with Crippen LogP contribution in [0.1, 0.15) is 29.8 Å². The highest BCUT2D eigenvalue weighted by Gasteiger charge is 2.30. The fraction of sp³-hybridized carbons (Fsp3) is 0.500. The van der Waals surface area contributed by atoms with Crippen LogP contribution in [0, 0.1) is 0 Å². The van der Waals surface area contributed by atoms with Crippen molar-refractivity contribution in [3.8, 4) is 0 Å². The molecule has 2 rings (SSSR count). The second kappa shape index (κ2) is 6.37. The highest BCUT2D eigenvalue weighted by Crippen LogP contribution is 2.18. The molecule has 1 aliphatic rings. The predicted molar refractivity (Wildman–Crippen MR) is 77.5 cm³/mol. The number of nitrogens with zero attached hydrogens (tertiary/aromatic N) is 1. The summed E-state index contributed by atoms with van der Waals surface area (Å²) in [6.07, 6.45) is 0. The Morgan fingerprint density at radius 2 is 2.00 bits per heavy atom. The second-order valence-corrected chi connectivity index (χ2v) is 5.24. The lowest BCUT2D eigenvalue weighted by atomic mass is 10.1. The summed E-state index contributed by atoms with van der Waals surface area (Å²) in [5.41, 5.74) is 7.03. The van der Waals surface area contributed by atoms with Gasteiger partial charge in [0.1, 0.15) is 0 Å². The van der Waals surface area contributed by atoms with Gasteiger partial charge in [-0.1, -0.05) is 12.1 Å². The summed E-state index contributed by atoms with van der Waals surface area (Å²) < 4.78 is 5.61. The van der Waals surface area contributed by atoms with Gasteiger partial charge in [0.2, 0.25) is 0 Å². The maximum Gasteiger partial charge on any atom is 0.254 e. The van der Waals surface area contributed by atoms with Crippen LogP contribution in [0.5, 0.6) is 0 Å². The van der Waals surface area contributed by atoms with Crippen molar-refractivity contribution in [2.24, 2.45) is 5.73 Å². The van der Waals surface area contributed by atoms with Crippen LogP contribution in [-0.2, 0) is 11.3 Å². The number of nitrogens with two attached hydrogens (primary N) is 1. The number of rotatable bonds is 2. The first-order valence-corrected chi connectivity index (χ1v) is 6.24. The molecule has 5 heteroatoms. The van der Waals surface area contributed by atoms with E-state index in [1.54, 1.807) is 0 Å². The van der Waals surface area contributed by atoms with Crippen molar-refractivity contribution in [2.75, 3.05) is 19.7 Å². The average Bonchev–Trinajstić information content (AvgIpc) is 2.37. The molecule has 1 fully saturated rings. The van der Waals surface area contributed by atoms with E-state index in [-0.39, 0.29) is 23.9 Å². The van der Waals surface area contributed by atoms with Gasteiger partial charge < -0.3 is 15.4 Å². The third-order valence-electron chi connectivity index (χ3n) is 3.15. The topological polar surface area (TPSA) is 55.6 Å². The molecule has 0 atom stereocenters. The van der Waals surface area contributed by atoms with E-state index in [1.807, 2.05) is 43.0 Å². The lowest BCUT2D eigenvalue weighted by Crippen LogP contribution is -2.50. The van der Waals surface area contributed by atoms with Gasteiger partial charge in [0, 0.05) is 25.2 Å². The molecule has 4 nitrogen and oxygen atoms in total. The highest BCUT2D eigenvalue weighted by molar-refractivity contribution is 5.94. The molecular weight excluding hydrogens is 264 g/mol. The SMILES string of the molecule is CC1(C)CN(C(=O)c2ccc(CN)cc2)CCO1.Cl. The van der Waals surface area contributed by atoms with Crippen LogP contribution >= 0.6 is 12.4 Å². The van der Waals surface area contributed by atoms with Crippen molar-refractivity contribution in [1.29, 1.82) is 0 Å². The van der Waals surface area contributed by atoms with Crippen molar-refractivity contribution in [3.05, 3.63) is 35.4 Å². The van der Waals surface area contributed by atoms with Gasteiger partial charge in [0.15, 0.2) is 0 Å². The number of carbonyl (C=O) groups excluding carboxylic acids is 1. The largest absolute Gasteiger partial charge is 0.372 e. The third-order valence-corrected chi connectivity index (χ3v) is 3.15. The van der Waals surface area contributed by atoms with Gasteiger partial charge >= 0.3 is 0 Å². The lowest BCUT2D eigenvalue weighted by Gasteiger charge is -2.38. The van der Waals surface area contributed by atoms with Crippen LogP contribution in [0.2, 0.25) is 0 Å². The van der Waals surface area contributed by atoms with E-state index in [4.69, 9.17) is 10.5 Å². The molecule has 1 heterocycles. The molecule has 0 spiro atoms. The molecule has 106 valence electrons. The van der Waals surface area contributed by atoms with Crippen LogP contribution in [0.25, 0.3) is 0 Å². The van der Waals surface area contributed by atoms with Gasteiger partial charge in [0.25, 0.3) is 5.91 Å². The number of morpholine rings is 1. The Morgan fingerprint density at radius 3 is 2.53 bits per heavy atom. The normalized spacial score (nSPS) is 17.7. The summed E-state index contributed by atoms with van der Waals surface area (Å²) in [5, 5.41) is 0.